The molecule has 3 aromatic rings. The third-order valence-electron chi connectivity index (χ3n) is 12.0. The molecule has 27 heteroatoms. The molecular formula is C53H66N12O15. The van der Waals surface area contributed by atoms with Gasteiger partial charge < -0.3 is 68.8 Å². The van der Waals surface area contributed by atoms with Gasteiger partial charge in [0.15, 0.2) is 0 Å². The summed E-state index contributed by atoms with van der Waals surface area (Å²) in [6, 6.07) is 9.40. The van der Waals surface area contributed by atoms with Crippen molar-refractivity contribution in [1.29, 1.82) is 0 Å². The van der Waals surface area contributed by atoms with E-state index in [9.17, 15) is 62.3 Å². The zero-order valence-electron chi connectivity index (χ0n) is 44.4. The molecule has 4 atom stereocenters. The Morgan fingerprint density at radius 2 is 0.938 bits per heavy atom. The van der Waals surface area contributed by atoms with Crippen LogP contribution in [0.2, 0.25) is 0 Å². The molecule has 13 amide bonds. The van der Waals surface area contributed by atoms with E-state index in [0.29, 0.717) is 35.4 Å². The van der Waals surface area contributed by atoms with E-state index in [4.69, 9.17) is 20.9 Å². The number of urea groups is 2. The Kier molecular flexibility index (Phi) is 24.8. The number of hydrogen-bond donors (Lipinski definition) is 11. The molecule has 1 aliphatic heterocycles. The number of benzene rings is 3. The second-order valence-corrected chi connectivity index (χ2v) is 18.8. The largest absolute Gasteiger partial charge is 0.463 e. The van der Waals surface area contributed by atoms with Gasteiger partial charge in [-0.3, -0.25) is 57.6 Å². The number of nitrogens with zero attached hydrogens (tertiary/aromatic N) is 1. The summed E-state index contributed by atoms with van der Waals surface area (Å²) in [4.78, 5) is 167. The molecule has 2 unspecified atom stereocenters. The first-order valence-corrected chi connectivity index (χ1v) is 25.3. The zero-order chi connectivity index (χ0) is 58.9. The summed E-state index contributed by atoms with van der Waals surface area (Å²) in [7, 11) is 0. The molecule has 3 aromatic carbocycles. The van der Waals surface area contributed by atoms with E-state index in [0.717, 1.165) is 23.1 Å². The minimum atomic E-state index is -1.34. The van der Waals surface area contributed by atoms with Crippen molar-refractivity contribution >= 4 is 95.2 Å². The Balaban J connectivity index is 1.61. The summed E-state index contributed by atoms with van der Waals surface area (Å²) in [5.41, 5.74) is 11.7. The average Bonchev–Trinajstić information content (AvgIpc) is 3.74. The van der Waals surface area contributed by atoms with Crippen LogP contribution in [0.3, 0.4) is 0 Å². The summed E-state index contributed by atoms with van der Waals surface area (Å²) < 4.78 is 9.52. The smallest absolute Gasteiger partial charge is 0.312 e. The average molecular weight is 1110 g/mol. The minimum Gasteiger partial charge on any atom is -0.463 e. The molecule has 428 valence electrons. The number of amides is 13. The molecule has 80 heavy (non-hydrogen) atoms. The van der Waals surface area contributed by atoms with Crippen LogP contribution in [0.4, 0.5) is 26.7 Å². The van der Waals surface area contributed by atoms with Gasteiger partial charge >= 0.3 is 12.1 Å². The van der Waals surface area contributed by atoms with Crippen LogP contribution in [-0.4, -0.2) is 127 Å². The number of hydrogen-bond acceptors (Lipinski definition) is 15. The fraction of sp³-hybridized carbons (Fsp3) is 0.377. The van der Waals surface area contributed by atoms with Crippen LogP contribution >= 0.6 is 0 Å². The van der Waals surface area contributed by atoms with Crippen LogP contribution in [0.5, 0.6) is 0 Å². The zero-order valence-corrected chi connectivity index (χ0v) is 44.4. The maximum Gasteiger partial charge on any atom is 0.312 e. The summed E-state index contributed by atoms with van der Waals surface area (Å²) in [6.07, 6.45) is 2.04. The normalized spacial score (nSPS) is 13.2. The summed E-state index contributed by atoms with van der Waals surface area (Å²) in [5.74, 6) is -8.07. The second-order valence-electron chi connectivity index (χ2n) is 18.8. The van der Waals surface area contributed by atoms with Gasteiger partial charge in [-0.25, -0.2) is 9.59 Å². The quantitative estimate of drug-likeness (QED) is 0.0235. The number of carbonyl (C=O) groups is 13. The number of ether oxygens (including phenoxy) is 2. The van der Waals surface area contributed by atoms with E-state index < -0.39 is 108 Å². The minimum absolute atomic E-state index is 0.00719. The highest BCUT2D eigenvalue weighted by atomic mass is 16.5. The molecule has 1 heterocycles. The number of carbonyl (C=O) groups excluding carboxylic acids is 13. The van der Waals surface area contributed by atoms with Gasteiger partial charge in [0, 0.05) is 66.4 Å². The van der Waals surface area contributed by atoms with E-state index >= 15 is 0 Å². The Hall–Kier alpha value is -9.69. The van der Waals surface area contributed by atoms with Gasteiger partial charge in [-0.1, -0.05) is 52.0 Å². The van der Waals surface area contributed by atoms with Crippen molar-refractivity contribution in [3.8, 4) is 0 Å². The number of nitrogens with one attached hydrogen (secondary N) is 9. The topological polar surface area (TPSA) is 404 Å². The molecule has 4 rings (SSSR count). The van der Waals surface area contributed by atoms with Crippen molar-refractivity contribution in [3.05, 3.63) is 101 Å². The number of rotatable bonds is 32. The molecular weight excluding hydrogens is 1040 g/mol. The van der Waals surface area contributed by atoms with Crippen LogP contribution in [0.15, 0.2) is 78.9 Å². The van der Waals surface area contributed by atoms with Crippen molar-refractivity contribution in [2.45, 2.75) is 97.2 Å². The van der Waals surface area contributed by atoms with Crippen LogP contribution in [-0.2, 0) is 65.8 Å². The maximum atomic E-state index is 14.3. The third-order valence-corrected chi connectivity index (χ3v) is 12.0. The van der Waals surface area contributed by atoms with Crippen LogP contribution in [0, 0.1) is 11.8 Å². The highest BCUT2D eigenvalue weighted by Crippen LogP contribution is 2.20. The van der Waals surface area contributed by atoms with Crippen molar-refractivity contribution in [3.63, 3.8) is 0 Å². The SMILES string of the molecule is CC(C)C(NC(=O)c1cc(NC(=O)CCN2C(=O)C=CC2=O)cc(C(=O)NC(C(=O)N[C@@H](CCCNC(N)=O)C(=O)Nc2ccc(COC=O)cc2)C(C)C)c1)C(=O)N[C@@H](CCCNC(N)=O)C(=O)Nc1ccc(COC=O)cc1. The number of imide groups is 1. The first-order valence-electron chi connectivity index (χ1n) is 25.3. The Bertz CT molecular complexity index is 2620. The lowest BCUT2D eigenvalue weighted by atomic mass is 10.00. The van der Waals surface area contributed by atoms with E-state index in [-0.39, 0.29) is 75.3 Å². The first-order chi connectivity index (χ1) is 38.1. The van der Waals surface area contributed by atoms with Gasteiger partial charge in [-0.05, 0) is 91.1 Å². The standard InChI is InChI=1S/C53H66N12O15/c1-30(2)44(50(75)61-39(7-5-20-56-52(54)77)48(73)59-36-13-9-32(10-14-36)26-79-28-66)63-46(71)34-23-35(25-38(24-34)58-41(68)19-22-65-42(69)17-18-43(65)70)47(72)64-45(31(3)4)51(76)62-40(8-6-21-57-53(55)78)49(74)60-37-15-11-33(12-16-37)27-80-29-67/h9-18,23-25,28-31,39-40,44-45H,5-8,19-22,26-27H2,1-4H3,(H,58,68)(H,59,73)(H,60,74)(H,61,75)(H,62,76)(H,63,71)(H,64,72)(H3,54,56,77)(H3,55,57,78)/t39-,40-,44?,45?/m0/s1. The molecule has 0 fully saturated rings. The Morgan fingerprint density at radius 1 is 0.537 bits per heavy atom. The highest BCUT2D eigenvalue weighted by Gasteiger charge is 2.32. The van der Waals surface area contributed by atoms with E-state index in [1.54, 1.807) is 76.2 Å². The molecule has 27 nitrogen and oxygen atoms in total. The molecule has 0 saturated carbocycles. The van der Waals surface area contributed by atoms with Crippen LogP contribution < -0.4 is 59.3 Å². The predicted octanol–water partition coefficient (Wildman–Crippen LogP) is 0.939. The molecule has 0 radical (unpaired) electrons. The number of primary amides is 2. The van der Waals surface area contributed by atoms with Gasteiger partial charge in [0.2, 0.25) is 29.5 Å². The lowest BCUT2D eigenvalue weighted by Gasteiger charge is -2.26. The second kappa shape index (κ2) is 31.5. The lowest BCUT2D eigenvalue weighted by molar-refractivity contribution is -0.137. The first kappa shape index (κ1) is 62.8. The molecule has 1 aliphatic rings. The van der Waals surface area contributed by atoms with Crippen LogP contribution in [0.25, 0.3) is 0 Å². The summed E-state index contributed by atoms with van der Waals surface area (Å²) in [5, 5.41) is 23.4. The maximum absolute atomic E-state index is 14.3. The fourth-order valence-corrected chi connectivity index (χ4v) is 7.75. The highest BCUT2D eigenvalue weighted by molar-refractivity contribution is 6.13. The molecule has 0 bridgehead atoms. The van der Waals surface area contributed by atoms with Gasteiger partial charge in [0.1, 0.15) is 37.4 Å². The van der Waals surface area contributed by atoms with Crippen molar-refractivity contribution in [2.24, 2.45) is 23.3 Å². The summed E-state index contributed by atoms with van der Waals surface area (Å²) >= 11 is 0. The van der Waals surface area contributed by atoms with Gasteiger partial charge in [0.25, 0.3) is 36.6 Å². The molecule has 13 N–H and O–H groups in total. The van der Waals surface area contributed by atoms with Crippen molar-refractivity contribution in [1.82, 2.24) is 36.8 Å². The van der Waals surface area contributed by atoms with Crippen LogP contribution in [0.1, 0.15) is 91.6 Å². The Morgan fingerprint density at radius 3 is 1.30 bits per heavy atom. The molecule has 0 aliphatic carbocycles. The van der Waals surface area contributed by atoms with Crippen molar-refractivity contribution in [2.75, 3.05) is 35.6 Å². The fourth-order valence-electron chi connectivity index (χ4n) is 7.75. The van der Waals surface area contributed by atoms with E-state index in [1.165, 1.54) is 12.1 Å². The molecule has 0 aromatic heterocycles. The summed E-state index contributed by atoms with van der Waals surface area (Å²) in [6.45, 7) is 6.81. The van der Waals surface area contributed by atoms with Gasteiger partial charge in [-0.15, -0.1) is 0 Å². The lowest BCUT2D eigenvalue weighted by Crippen LogP contribution is -2.55. The molecule has 0 saturated heterocycles. The Labute approximate surface area is 459 Å². The third kappa shape index (κ3) is 20.7. The van der Waals surface area contributed by atoms with E-state index in [1.807, 2.05) is 0 Å². The number of nitrogens with two attached hydrogens (primary N) is 2. The van der Waals surface area contributed by atoms with E-state index in [2.05, 4.69) is 47.9 Å². The van der Waals surface area contributed by atoms with Crippen molar-refractivity contribution < 1.29 is 71.8 Å². The predicted molar refractivity (Wildman–Crippen MR) is 287 cm³/mol. The molecule has 0 spiro atoms. The van der Waals surface area contributed by atoms with Gasteiger partial charge in [-0.2, -0.15) is 0 Å². The monoisotopic (exact) mass is 1110 g/mol. The number of anilines is 3. The van der Waals surface area contributed by atoms with Gasteiger partial charge in [0.05, 0.1) is 0 Å².